The summed E-state index contributed by atoms with van der Waals surface area (Å²) < 4.78 is 5.03. The lowest BCUT2D eigenvalue weighted by atomic mass is 9.83. The summed E-state index contributed by atoms with van der Waals surface area (Å²) in [5, 5.41) is 23.0. The average Bonchev–Trinajstić information content (AvgIpc) is 2.49. The highest BCUT2D eigenvalue weighted by Crippen LogP contribution is 2.28. The number of aromatic hydroxyl groups is 1. The van der Waals surface area contributed by atoms with E-state index in [1.165, 1.54) is 19.3 Å². The summed E-state index contributed by atoms with van der Waals surface area (Å²) >= 11 is 0. The molecule has 1 aromatic carbocycles. The lowest BCUT2D eigenvalue weighted by Gasteiger charge is -2.27. The van der Waals surface area contributed by atoms with Crippen LogP contribution in [0.1, 0.15) is 44.1 Å². The summed E-state index contributed by atoms with van der Waals surface area (Å²) in [6.45, 7) is 1.68. The van der Waals surface area contributed by atoms with E-state index in [0.717, 1.165) is 37.9 Å². The number of nitrogens with one attached hydrogen (secondary N) is 1. The van der Waals surface area contributed by atoms with Crippen LogP contribution in [-0.2, 0) is 6.54 Å². The zero-order valence-corrected chi connectivity index (χ0v) is 12.8. The molecule has 2 rings (SSSR count). The molecule has 3 N–H and O–H groups in total. The maximum Gasteiger partial charge on any atom is 0.160 e. The van der Waals surface area contributed by atoms with Crippen LogP contribution in [0.15, 0.2) is 18.2 Å². The van der Waals surface area contributed by atoms with Gasteiger partial charge in [0.05, 0.1) is 13.2 Å². The van der Waals surface area contributed by atoms with Gasteiger partial charge in [-0.15, -0.1) is 0 Å². The van der Waals surface area contributed by atoms with Crippen molar-refractivity contribution in [3.8, 4) is 11.5 Å². The predicted molar refractivity (Wildman–Crippen MR) is 83.6 cm³/mol. The molecule has 0 bridgehead atoms. The second-order valence-corrected chi connectivity index (χ2v) is 5.94. The van der Waals surface area contributed by atoms with Crippen LogP contribution in [-0.4, -0.2) is 30.0 Å². The first-order valence-electron chi connectivity index (χ1n) is 7.95. The Morgan fingerprint density at radius 3 is 2.81 bits per heavy atom. The maximum atomic E-state index is 9.92. The third-order valence-corrected chi connectivity index (χ3v) is 4.37. The van der Waals surface area contributed by atoms with Crippen molar-refractivity contribution in [3.05, 3.63) is 23.8 Å². The van der Waals surface area contributed by atoms with Crippen LogP contribution in [0.5, 0.6) is 11.5 Å². The van der Waals surface area contributed by atoms with Gasteiger partial charge < -0.3 is 20.3 Å². The van der Waals surface area contributed by atoms with Gasteiger partial charge >= 0.3 is 0 Å². The van der Waals surface area contributed by atoms with E-state index in [1.807, 2.05) is 6.07 Å². The van der Waals surface area contributed by atoms with Gasteiger partial charge in [0.25, 0.3) is 0 Å². The largest absolute Gasteiger partial charge is 0.504 e. The van der Waals surface area contributed by atoms with E-state index in [1.54, 1.807) is 19.2 Å². The summed E-state index contributed by atoms with van der Waals surface area (Å²) in [5.74, 6) is 1.18. The number of rotatable bonds is 7. The first-order valence-corrected chi connectivity index (χ1v) is 7.95. The third-order valence-electron chi connectivity index (χ3n) is 4.37. The van der Waals surface area contributed by atoms with Crippen molar-refractivity contribution >= 4 is 0 Å². The molecule has 118 valence electrons. The van der Waals surface area contributed by atoms with Crippen molar-refractivity contribution in [2.75, 3.05) is 13.7 Å². The molecule has 1 fully saturated rings. The highest BCUT2D eigenvalue weighted by molar-refractivity contribution is 5.41. The highest BCUT2D eigenvalue weighted by atomic mass is 16.5. The number of benzene rings is 1. The van der Waals surface area contributed by atoms with E-state index in [4.69, 9.17) is 4.74 Å². The Kier molecular flexibility index (Phi) is 6.33. The SMILES string of the molecule is COc1ccc(CNCCCC2CCCCC2O)cc1O. The van der Waals surface area contributed by atoms with Gasteiger partial charge in [-0.1, -0.05) is 18.9 Å². The maximum absolute atomic E-state index is 9.92. The minimum Gasteiger partial charge on any atom is -0.504 e. The topological polar surface area (TPSA) is 61.7 Å². The number of phenols is 1. The molecule has 0 heterocycles. The Bertz CT molecular complexity index is 436. The number of aliphatic hydroxyl groups is 1. The Labute approximate surface area is 127 Å². The first-order chi connectivity index (χ1) is 10.2. The van der Waals surface area contributed by atoms with Crippen molar-refractivity contribution in [1.82, 2.24) is 5.32 Å². The Morgan fingerprint density at radius 1 is 1.29 bits per heavy atom. The number of ether oxygens (including phenoxy) is 1. The van der Waals surface area contributed by atoms with E-state index in [0.29, 0.717) is 11.7 Å². The van der Waals surface area contributed by atoms with Gasteiger partial charge in [-0.25, -0.2) is 0 Å². The standard InChI is InChI=1S/C17H27NO3/c1-21-17-9-8-13(11-16(17)20)12-18-10-4-6-14-5-2-3-7-15(14)19/h8-9,11,14-15,18-20H,2-7,10,12H2,1H3. The second-order valence-electron chi connectivity index (χ2n) is 5.94. The second kappa shape index (κ2) is 8.25. The predicted octanol–water partition coefficient (Wildman–Crippen LogP) is 2.82. The Hall–Kier alpha value is -1.26. The Balaban J connectivity index is 1.64. The zero-order valence-electron chi connectivity index (χ0n) is 12.8. The molecule has 4 heteroatoms. The smallest absolute Gasteiger partial charge is 0.160 e. The van der Waals surface area contributed by atoms with Crippen LogP contribution >= 0.6 is 0 Å². The Morgan fingerprint density at radius 2 is 2.10 bits per heavy atom. The number of hydrogen-bond acceptors (Lipinski definition) is 4. The van der Waals surface area contributed by atoms with Gasteiger partial charge in [-0.05, 0) is 55.8 Å². The molecule has 0 saturated heterocycles. The molecular weight excluding hydrogens is 266 g/mol. The first kappa shape index (κ1) is 16.1. The number of aliphatic hydroxyl groups excluding tert-OH is 1. The summed E-state index contributed by atoms with van der Waals surface area (Å²) in [6, 6.07) is 5.47. The fourth-order valence-electron chi connectivity index (χ4n) is 3.09. The molecule has 1 aromatic rings. The summed E-state index contributed by atoms with van der Waals surface area (Å²) in [5.41, 5.74) is 1.05. The lowest BCUT2D eigenvalue weighted by molar-refractivity contribution is 0.0643. The molecule has 2 unspecified atom stereocenters. The van der Waals surface area contributed by atoms with E-state index < -0.39 is 0 Å². The molecule has 0 aliphatic heterocycles. The molecule has 2 atom stereocenters. The molecule has 1 saturated carbocycles. The van der Waals surface area contributed by atoms with E-state index >= 15 is 0 Å². The molecule has 1 aliphatic carbocycles. The fourth-order valence-corrected chi connectivity index (χ4v) is 3.09. The normalized spacial score (nSPS) is 22.2. The number of hydrogen-bond donors (Lipinski definition) is 3. The van der Waals surface area contributed by atoms with Crippen LogP contribution in [0.25, 0.3) is 0 Å². The lowest BCUT2D eigenvalue weighted by Crippen LogP contribution is -2.25. The molecule has 0 aromatic heterocycles. The summed E-state index contributed by atoms with van der Waals surface area (Å²) in [6.07, 6.45) is 6.69. The van der Waals surface area contributed by atoms with Crippen molar-refractivity contribution in [2.45, 2.75) is 51.2 Å². The monoisotopic (exact) mass is 293 g/mol. The zero-order chi connectivity index (χ0) is 15.1. The van der Waals surface area contributed by atoms with Crippen molar-refractivity contribution in [2.24, 2.45) is 5.92 Å². The van der Waals surface area contributed by atoms with Gasteiger partial charge in [0.15, 0.2) is 11.5 Å². The molecule has 21 heavy (non-hydrogen) atoms. The van der Waals surface area contributed by atoms with Gasteiger partial charge in [-0.2, -0.15) is 0 Å². The van der Waals surface area contributed by atoms with Crippen molar-refractivity contribution in [1.29, 1.82) is 0 Å². The van der Waals surface area contributed by atoms with Gasteiger partial charge in [0.2, 0.25) is 0 Å². The van der Waals surface area contributed by atoms with E-state index in [2.05, 4.69) is 5.32 Å². The van der Waals surface area contributed by atoms with Crippen LogP contribution in [0.2, 0.25) is 0 Å². The summed E-state index contributed by atoms with van der Waals surface area (Å²) in [7, 11) is 1.55. The van der Waals surface area contributed by atoms with Gasteiger partial charge in [-0.3, -0.25) is 0 Å². The molecular formula is C17H27NO3. The van der Waals surface area contributed by atoms with Crippen molar-refractivity contribution in [3.63, 3.8) is 0 Å². The highest BCUT2D eigenvalue weighted by Gasteiger charge is 2.21. The van der Waals surface area contributed by atoms with Crippen LogP contribution in [0, 0.1) is 5.92 Å². The van der Waals surface area contributed by atoms with Gasteiger partial charge in [0, 0.05) is 6.54 Å². The minimum absolute atomic E-state index is 0.0858. The average molecular weight is 293 g/mol. The fraction of sp³-hybridized carbons (Fsp3) is 0.647. The van der Waals surface area contributed by atoms with Crippen LogP contribution in [0.4, 0.5) is 0 Å². The van der Waals surface area contributed by atoms with E-state index in [9.17, 15) is 10.2 Å². The van der Waals surface area contributed by atoms with Crippen LogP contribution < -0.4 is 10.1 Å². The summed E-state index contributed by atoms with van der Waals surface area (Å²) in [4.78, 5) is 0. The van der Waals surface area contributed by atoms with Crippen molar-refractivity contribution < 1.29 is 14.9 Å². The van der Waals surface area contributed by atoms with Gasteiger partial charge in [0.1, 0.15) is 0 Å². The molecule has 1 aliphatic rings. The molecule has 0 radical (unpaired) electrons. The number of phenolic OH excluding ortho intramolecular Hbond substituents is 1. The van der Waals surface area contributed by atoms with Crippen LogP contribution in [0.3, 0.4) is 0 Å². The minimum atomic E-state index is -0.0858. The quantitative estimate of drug-likeness (QED) is 0.677. The third kappa shape index (κ3) is 4.90. The van der Waals surface area contributed by atoms with E-state index in [-0.39, 0.29) is 11.9 Å². The molecule has 0 spiro atoms. The molecule has 4 nitrogen and oxygen atoms in total. The molecule has 0 amide bonds. The number of methoxy groups -OCH3 is 1.